The van der Waals surface area contributed by atoms with Crippen LogP contribution in [0.5, 0.6) is 11.5 Å². The average Bonchev–Trinajstić information content (AvgIpc) is 3.67. The minimum Gasteiger partial charge on any atom is -0.509 e. The number of hydrogen-bond acceptors (Lipinski definition) is 2. The zero-order valence-corrected chi connectivity index (χ0v) is 39.2. The molecule has 5 nitrogen and oxygen atoms in total. The number of rotatable bonds is 6. The zero-order valence-electron chi connectivity index (χ0n) is 36.9. The number of ether oxygens (including phenoxy) is 1. The molecule has 0 bridgehead atoms. The average molecular weight is 961 g/mol. The molecule has 0 saturated carbocycles. The van der Waals surface area contributed by atoms with Crippen LogP contribution in [0.3, 0.4) is 0 Å². The zero-order chi connectivity index (χ0) is 41.4. The number of quaternary nitrogens is 2. The van der Waals surface area contributed by atoms with Crippen LogP contribution in [0.1, 0.15) is 104 Å². The second kappa shape index (κ2) is 13.5. The van der Waals surface area contributed by atoms with Crippen LogP contribution in [0.15, 0.2) is 103 Å². The van der Waals surface area contributed by atoms with Gasteiger partial charge in [-0.25, -0.2) is 9.58 Å². The Hall–Kier alpha value is -4.54. The molecule has 5 aromatic carbocycles. The van der Waals surface area contributed by atoms with Crippen LogP contribution < -0.4 is 13.9 Å². The van der Waals surface area contributed by atoms with Gasteiger partial charge in [-0.1, -0.05) is 118 Å². The molecular weight excluding hydrogens is 904 g/mol. The van der Waals surface area contributed by atoms with Crippen molar-refractivity contribution in [3.8, 4) is 17.3 Å². The molecule has 1 unspecified atom stereocenters. The van der Waals surface area contributed by atoms with E-state index in [0.29, 0.717) is 20.7 Å². The third-order valence-corrected chi connectivity index (χ3v) is 13.6. The van der Waals surface area contributed by atoms with Crippen molar-refractivity contribution in [3.05, 3.63) is 150 Å². The molecule has 0 radical (unpaired) electrons. The minimum atomic E-state index is -0.132. The fraction of sp³-hybridized carbons (Fsp3) is 0.321. The number of fused-ring (bicyclic) bond motifs is 7. The predicted octanol–water partition coefficient (Wildman–Crippen LogP) is 14.4. The third kappa shape index (κ3) is 6.17. The monoisotopic (exact) mass is 960 g/mol. The molecule has 0 amide bonds. The largest absolute Gasteiger partial charge is 0.509 e. The van der Waals surface area contributed by atoms with Crippen LogP contribution in [0, 0.1) is 38.1 Å². The Balaban J connectivity index is 0.00000484. The predicted molar refractivity (Wildman–Crippen MR) is 242 cm³/mol. The Labute approximate surface area is 366 Å². The molecule has 6 heteroatoms. The van der Waals surface area contributed by atoms with Crippen molar-refractivity contribution < 1.29 is 25.8 Å². The SMILES string of the molecule is Cc1cc2c(cc1C)[N@@+]1(c3cccc(C(C)(C)C)c3)[CH-][N+]21c1[c-]c(Oc2[c-]c3c(cc2)c2ccccc2n3-c2cc(C(C)(C)C(C)(C)C)ccn2)cc(C(C)(C)C)c1.[Pt]. The summed E-state index contributed by atoms with van der Waals surface area (Å²) in [6, 6.07) is 43.1. The van der Waals surface area contributed by atoms with E-state index in [2.05, 4.69) is 204 Å². The maximum Gasteiger partial charge on any atom is 0.225 e. The fourth-order valence-electron chi connectivity index (χ4n) is 8.76. The summed E-state index contributed by atoms with van der Waals surface area (Å²) in [6.45, 7) is 32.1. The van der Waals surface area contributed by atoms with Gasteiger partial charge in [0.1, 0.15) is 5.82 Å². The van der Waals surface area contributed by atoms with Crippen LogP contribution in [-0.2, 0) is 37.3 Å². The standard InChI is InChI=1S/C53H57N4O.Pt/c1-34-25-47-48(26-35(34)2)57(33-56(47,57)39-18-16-17-36(27-39)50(3,4)5)40-28-38(51(6,7)8)29-42(31-40)58-41-21-22-44-43-19-14-15-20-45(43)55(46(44)32-41)49-30-37(23-24-54-49)53(12,13)52(9,10)11;/h14-30,33H,1-13H3;/q-1;/t56-,57?;/m0./s1. The van der Waals surface area contributed by atoms with Crippen molar-refractivity contribution >= 4 is 44.6 Å². The Morgan fingerprint density at radius 1 is 0.610 bits per heavy atom. The number of para-hydroxylation sites is 1. The summed E-state index contributed by atoms with van der Waals surface area (Å²) in [6.07, 6.45) is 1.94. The van der Waals surface area contributed by atoms with Crippen molar-refractivity contribution in [2.45, 2.75) is 106 Å². The van der Waals surface area contributed by atoms with E-state index in [4.69, 9.17) is 9.72 Å². The van der Waals surface area contributed by atoms with E-state index >= 15 is 0 Å². The summed E-state index contributed by atoms with van der Waals surface area (Å²) in [5.41, 5.74) is 13.2. The van der Waals surface area contributed by atoms with Gasteiger partial charge >= 0.3 is 0 Å². The first-order chi connectivity index (χ1) is 27.2. The first kappa shape index (κ1) is 41.2. The molecule has 2 atom stereocenters. The van der Waals surface area contributed by atoms with Crippen molar-refractivity contribution in [2.75, 3.05) is 0 Å². The van der Waals surface area contributed by atoms with Gasteiger partial charge in [0.15, 0.2) is 12.4 Å². The topological polar surface area (TPSA) is 27.1 Å². The van der Waals surface area contributed by atoms with Gasteiger partial charge in [-0.3, -0.25) is 0 Å². The third-order valence-electron chi connectivity index (χ3n) is 13.6. The summed E-state index contributed by atoms with van der Waals surface area (Å²) in [5, 5.41) is 2.27. The minimum absolute atomic E-state index is 0. The second-order valence-corrected chi connectivity index (χ2v) is 20.4. The summed E-state index contributed by atoms with van der Waals surface area (Å²) in [7, 11) is 0. The van der Waals surface area contributed by atoms with E-state index in [1.165, 1.54) is 44.9 Å². The van der Waals surface area contributed by atoms with Gasteiger partial charge in [0.2, 0.25) is 11.4 Å². The van der Waals surface area contributed by atoms with Crippen molar-refractivity contribution in [2.24, 2.45) is 5.41 Å². The Morgan fingerprint density at radius 2 is 1.29 bits per heavy atom. The van der Waals surface area contributed by atoms with Crippen molar-refractivity contribution in [1.82, 2.24) is 18.7 Å². The summed E-state index contributed by atoms with van der Waals surface area (Å²) in [4.78, 5) is 4.96. The number of hydrogen-bond donors (Lipinski definition) is 0. The fourth-order valence-corrected chi connectivity index (χ4v) is 8.76. The van der Waals surface area contributed by atoms with E-state index in [9.17, 15) is 0 Å². The number of aryl methyl sites for hydroxylation is 2. The van der Waals surface area contributed by atoms with Crippen molar-refractivity contribution in [1.29, 1.82) is 0 Å². The van der Waals surface area contributed by atoms with Crippen LogP contribution >= 0.6 is 0 Å². The molecule has 2 aliphatic rings. The maximum absolute atomic E-state index is 6.91. The molecule has 2 aliphatic heterocycles. The van der Waals surface area contributed by atoms with Gasteiger partial charge in [-0.2, -0.15) is 10.7 Å². The van der Waals surface area contributed by atoms with Crippen LogP contribution in [0.2, 0.25) is 0 Å². The summed E-state index contributed by atoms with van der Waals surface area (Å²) in [5.74, 6) is 2.19. The van der Waals surface area contributed by atoms with Crippen LogP contribution in [0.25, 0.3) is 27.6 Å². The van der Waals surface area contributed by atoms with Gasteiger partial charge in [0.25, 0.3) is 0 Å². The number of nitrogens with zero attached hydrogens (tertiary/aromatic N) is 4. The molecule has 0 spiro atoms. The summed E-state index contributed by atoms with van der Waals surface area (Å²) >= 11 is 0. The van der Waals surface area contributed by atoms with Crippen molar-refractivity contribution in [3.63, 3.8) is 0 Å². The Bertz CT molecular complexity index is 2810. The van der Waals surface area contributed by atoms with Gasteiger partial charge in [-0.15, -0.1) is 35.2 Å². The van der Waals surface area contributed by atoms with E-state index in [-0.39, 0.29) is 42.7 Å². The normalized spacial score (nSPS) is 18.9. The number of pyridine rings is 1. The number of benzene rings is 5. The first-order valence-corrected chi connectivity index (χ1v) is 20.7. The smallest absolute Gasteiger partial charge is 0.225 e. The quantitative estimate of drug-likeness (QED) is 0.0943. The second-order valence-electron chi connectivity index (χ2n) is 20.4. The van der Waals surface area contributed by atoms with E-state index in [1.54, 1.807) is 0 Å². The maximum atomic E-state index is 6.91. The molecule has 4 heterocycles. The van der Waals surface area contributed by atoms with Gasteiger partial charge in [0, 0.05) is 68.5 Å². The molecule has 306 valence electrons. The Morgan fingerprint density at radius 3 is 1.97 bits per heavy atom. The van der Waals surface area contributed by atoms with Crippen LogP contribution in [0.4, 0.5) is 22.7 Å². The van der Waals surface area contributed by atoms with E-state index in [1.807, 2.05) is 12.3 Å². The molecule has 1 fully saturated rings. The molecule has 59 heavy (non-hydrogen) atoms. The molecule has 7 aromatic rings. The van der Waals surface area contributed by atoms with E-state index < -0.39 is 0 Å². The molecule has 9 rings (SSSR count). The van der Waals surface area contributed by atoms with Gasteiger partial charge in [0.05, 0.1) is 5.69 Å². The van der Waals surface area contributed by atoms with E-state index in [0.717, 1.165) is 33.3 Å². The van der Waals surface area contributed by atoms with Crippen LogP contribution in [-0.4, -0.2) is 9.55 Å². The molecular formula is C53H57N4OPt-. The molecule has 0 N–H and O–H groups in total. The number of aromatic nitrogens is 2. The summed E-state index contributed by atoms with van der Waals surface area (Å²) < 4.78 is 10.3. The van der Waals surface area contributed by atoms with Gasteiger partial charge in [-0.05, 0) is 81.3 Å². The molecule has 0 aliphatic carbocycles. The van der Waals surface area contributed by atoms with Gasteiger partial charge < -0.3 is 9.30 Å². The molecule has 2 aromatic heterocycles. The Kier molecular flexibility index (Phi) is 9.42. The first-order valence-electron chi connectivity index (χ1n) is 20.7. The molecule has 1 saturated heterocycles.